The van der Waals surface area contributed by atoms with E-state index in [1.165, 1.54) is 6.42 Å². The Hall–Kier alpha value is -2.99. The lowest BCUT2D eigenvalue weighted by Crippen LogP contribution is -2.47. The van der Waals surface area contributed by atoms with Crippen molar-refractivity contribution < 1.29 is 9.59 Å². The predicted molar refractivity (Wildman–Crippen MR) is 127 cm³/mol. The highest BCUT2D eigenvalue weighted by Gasteiger charge is 2.34. The van der Waals surface area contributed by atoms with E-state index >= 15 is 0 Å². The summed E-state index contributed by atoms with van der Waals surface area (Å²) in [6.07, 6.45) is 7.08. The molecule has 5 nitrogen and oxygen atoms in total. The Kier molecular flexibility index (Phi) is 7.32. The minimum Gasteiger partial charge on any atom is -0.351 e. The first-order valence-electron chi connectivity index (χ1n) is 11.2. The first kappa shape index (κ1) is 22.2. The van der Waals surface area contributed by atoms with Gasteiger partial charge in [-0.15, -0.1) is 11.3 Å². The van der Waals surface area contributed by atoms with Gasteiger partial charge in [0, 0.05) is 17.1 Å². The van der Waals surface area contributed by atoms with E-state index in [9.17, 15) is 9.59 Å². The molecule has 0 radical (unpaired) electrons. The summed E-state index contributed by atoms with van der Waals surface area (Å²) < 4.78 is 0. The number of hydrogen-bond donors (Lipinski definition) is 1. The molecule has 0 saturated heterocycles. The highest BCUT2D eigenvalue weighted by atomic mass is 32.1. The Morgan fingerprint density at radius 2 is 1.84 bits per heavy atom. The summed E-state index contributed by atoms with van der Waals surface area (Å²) in [6, 6.07) is 16.5. The number of carbonyl (C=O) groups is 2. The molecule has 1 aromatic carbocycles. The summed E-state index contributed by atoms with van der Waals surface area (Å²) in [6.45, 7) is 2.34. The van der Waals surface area contributed by atoms with Gasteiger partial charge in [-0.25, -0.2) is 0 Å². The smallest absolute Gasteiger partial charge is 0.273 e. The number of benzene rings is 1. The Morgan fingerprint density at radius 3 is 2.53 bits per heavy atom. The molecule has 0 bridgehead atoms. The number of pyridine rings is 1. The van der Waals surface area contributed by atoms with E-state index in [4.69, 9.17) is 0 Å². The van der Waals surface area contributed by atoms with Crippen molar-refractivity contribution in [3.8, 4) is 0 Å². The van der Waals surface area contributed by atoms with Crippen LogP contribution in [0.3, 0.4) is 0 Å². The fraction of sp³-hybridized carbons (Fsp3) is 0.346. The number of nitrogens with one attached hydrogen (secondary N) is 1. The molecule has 4 rings (SSSR count). The van der Waals surface area contributed by atoms with Gasteiger partial charge < -0.3 is 10.2 Å². The Morgan fingerprint density at radius 1 is 1.06 bits per heavy atom. The van der Waals surface area contributed by atoms with Gasteiger partial charge in [-0.2, -0.15) is 0 Å². The van der Waals surface area contributed by atoms with E-state index in [0.717, 1.165) is 41.7 Å². The molecular weight excluding hydrogens is 418 g/mol. The first-order valence-corrected chi connectivity index (χ1v) is 12.1. The number of nitrogens with zero attached hydrogens (tertiary/aromatic N) is 2. The highest BCUT2D eigenvalue weighted by molar-refractivity contribution is 7.09. The standard InChI is InChI=1S/C26H29N3O2S/c1-19-10-5-6-14-22(19)24(25(30)28-20-11-3-2-4-12-20)29(18-21-13-9-17-32-21)26(31)23-15-7-8-16-27-23/h5-10,13-17,20,24H,2-4,11-12,18H2,1H3,(H,28,30). The minimum absolute atomic E-state index is 0.118. The Balaban J connectivity index is 1.73. The van der Waals surface area contributed by atoms with Gasteiger partial charge in [-0.05, 0) is 54.5 Å². The molecule has 2 amide bonds. The van der Waals surface area contributed by atoms with Gasteiger partial charge in [-0.1, -0.05) is 55.7 Å². The van der Waals surface area contributed by atoms with Gasteiger partial charge in [0.25, 0.3) is 5.91 Å². The SMILES string of the molecule is Cc1ccccc1C(C(=O)NC1CCCCC1)N(Cc1cccs1)C(=O)c1ccccn1. The second-order valence-corrected chi connectivity index (χ2v) is 9.36. The van der Waals surface area contributed by atoms with Crippen LogP contribution in [0.1, 0.15) is 64.6 Å². The fourth-order valence-electron chi connectivity index (χ4n) is 4.36. The number of thiophene rings is 1. The molecule has 0 spiro atoms. The van der Waals surface area contributed by atoms with Crippen molar-refractivity contribution in [3.05, 3.63) is 87.9 Å². The molecule has 1 N–H and O–H groups in total. The second kappa shape index (κ2) is 10.6. The molecule has 166 valence electrons. The molecule has 1 saturated carbocycles. The number of amides is 2. The molecule has 1 atom stereocenters. The van der Waals surface area contributed by atoms with Crippen LogP contribution in [0.5, 0.6) is 0 Å². The molecule has 1 unspecified atom stereocenters. The van der Waals surface area contributed by atoms with Crippen molar-refractivity contribution in [1.82, 2.24) is 15.2 Å². The summed E-state index contributed by atoms with van der Waals surface area (Å²) in [7, 11) is 0. The average Bonchev–Trinajstić information content (AvgIpc) is 3.34. The lowest BCUT2D eigenvalue weighted by Gasteiger charge is -2.33. The summed E-state index contributed by atoms with van der Waals surface area (Å²) in [5, 5.41) is 5.25. The number of hydrogen-bond acceptors (Lipinski definition) is 4. The van der Waals surface area contributed by atoms with Crippen LogP contribution in [0.2, 0.25) is 0 Å². The van der Waals surface area contributed by atoms with E-state index < -0.39 is 6.04 Å². The van der Waals surface area contributed by atoms with Crippen molar-refractivity contribution in [1.29, 1.82) is 0 Å². The second-order valence-electron chi connectivity index (χ2n) is 8.33. The van der Waals surface area contributed by atoms with E-state index in [0.29, 0.717) is 12.2 Å². The lowest BCUT2D eigenvalue weighted by molar-refractivity contribution is -0.127. The zero-order chi connectivity index (χ0) is 22.3. The van der Waals surface area contributed by atoms with Gasteiger partial charge in [-0.3, -0.25) is 14.6 Å². The van der Waals surface area contributed by atoms with E-state index in [1.807, 2.05) is 48.7 Å². The van der Waals surface area contributed by atoms with Gasteiger partial charge in [0.2, 0.25) is 5.91 Å². The maximum absolute atomic E-state index is 13.7. The monoisotopic (exact) mass is 447 g/mol. The highest BCUT2D eigenvalue weighted by Crippen LogP contribution is 2.29. The molecular formula is C26H29N3O2S. The fourth-order valence-corrected chi connectivity index (χ4v) is 5.06. The molecule has 1 aliphatic rings. The Labute approximate surface area is 193 Å². The average molecular weight is 448 g/mol. The molecule has 0 aliphatic heterocycles. The number of aryl methyl sites for hydroxylation is 1. The topological polar surface area (TPSA) is 62.3 Å². The van der Waals surface area contributed by atoms with E-state index in [-0.39, 0.29) is 17.9 Å². The van der Waals surface area contributed by atoms with Crippen molar-refractivity contribution in [2.45, 2.75) is 57.7 Å². The maximum Gasteiger partial charge on any atom is 0.273 e. The van der Waals surface area contributed by atoms with Gasteiger partial charge in [0.1, 0.15) is 11.7 Å². The molecule has 2 heterocycles. The molecule has 2 aromatic heterocycles. The van der Waals surface area contributed by atoms with E-state index in [1.54, 1.807) is 40.6 Å². The lowest BCUT2D eigenvalue weighted by atomic mass is 9.94. The van der Waals surface area contributed by atoms with Crippen molar-refractivity contribution >= 4 is 23.2 Å². The molecule has 1 aliphatic carbocycles. The number of carbonyl (C=O) groups excluding carboxylic acids is 2. The third-order valence-corrected chi connectivity index (χ3v) is 6.91. The predicted octanol–water partition coefficient (Wildman–Crippen LogP) is 5.28. The molecule has 32 heavy (non-hydrogen) atoms. The van der Waals surface area contributed by atoms with Gasteiger partial charge in [0.15, 0.2) is 0 Å². The van der Waals surface area contributed by atoms with Crippen molar-refractivity contribution in [2.75, 3.05) is 0 Å². The van der Waals surface area contributed by atoms with Crippen LogP contribution in [-0.2, 0) is 11.3 Å². The summed E-state index contributed by atoms with van der Waals surface area (Å²) in [5.74, 6) is -0.363. The van der Waals surface area contributed by atoms with Gasteiger partial charge in [0.05, 0.1) is 6.54 Å². The quantitative estimate of drug-likeness (QED) is 0.536. The maximum atomic E-state index is 13.7. The molecule has 1 fully saturated rings. The zero-order valence-corrected chi connectivity index (χ0v) is 19.2. The Bertz CT molecular complexity index is 1030. The third-order valence-electron chi connectivity index (χ3n) is 6.05. The number of aromatic nitrogens is 1. The van der Waals surface area contributed by atoms with Crippen molar-refractivity contribution in [2.24, 2.45) is 0 Å². The minimum atomic E-state index is -0.727. The van der Waals surface area contributed by atoms with Gasteiger partial charge >= 0.3 is 0 Å². The van der Waals surface area contributed by atoms with Crippen LogP contribution in [-0.4, -0.2) is 27.7 Å². The van der Waals surface area contributed by atoms with Crippen LogP contribution < -0.4 is 5.32 Å². The van der Waals surface area contributed by atoms with E-state index in [2.05, 4.69) is 10.3 Å². The van der Waals surface area contributed by atoms with Crippen LogP contribution in [0.15, 0.2) is 66.2 Å². The largest absolute Gasteiger partial charge is 0.351 e. The van der Waals surface area contributed by atoms with Crippen LogP contribution in [0.4, 0.5) is 0 Å². The summed E-state index contributed by atoms with van der Waals surface area (Å²) >= 11 is 1.58. The number of rotatable bonds is 7. The first-order chi connectivity index (χ1) is 15.6. The zero-order valence-electron chi connectivity index (χ0n) is 18.4. The van der Waals surface area contributed by atoms with Crippen LogP contribution >= 0.6 is 11.3 Å². The molecule has 3 aromatic rings. The summed E-state index contributed by atoms with van der Waals surface area (Å²) in [4.78, 5) is 34.4. The third kappa shape index (κ3) is 5.25. The molecule has 6 heteroatoms. The van der Waals surface area contributed by atoms with Crippen LogP contribution in [0, 0.1) is 6.92 Å². The van der Waals surface area contributed by atoms with Crippen molar-refractivity contribution in [3.63, 3.8) is 0 Å². The normalized spacial score (nSPS) is 15.2. The summed E-state index contributed by atoms with van der Waals surface area (Å²) in [5.41, 5.74) is 2.18. The van der Waals surface area contributed by atoms with Crippen LogP contribution in [0.25, 0.3) is 0 Å².